The van der Waals surface area contributed by atoms with E-state index in [1.54, 1.807) is 11.1 Å². The highest BCUT2D eigenvalue weighted by Crippen LogP contribution is 2.26. The van der Waals surface area contributed by atoms with Gasteiger partial charge in [-0.15, -0.1) is 0 Å². The summed E-state index contributed by atoms with van der Waals surface area (Å²) >= 11 is 0. The van der Waals surface area contributed by atoms with Gasteiger partial charge < -0.3 is 19.6 Å². The number of imidazole rings is 1. The number of rotatable bonds is 4. The van der Waals surface area contributed by atoms with Crippen LogP contribution in [0.2, 0.25) is 0 Å². The summed E-state index contributed by atoms with van der Waals surface area (Å²) < 4.78 is 7.73. The molecule has 0 unspecified atom stereocenters. The molecule has 0 bridgehead atoms. The largest absolute Gasteiger partial charge is 0.441 e. The fourth-order valence-electron chi connectivity index (χ4n) is 3.59. The Balaban J connectivity index is 1.47. The third-order valence-corrected chi connectivity index (χ3v) is 5.14. The van der Waals surface area contributed by atoms with Gasteiger partial charge in [0.1, 0.15) is 11.6 Å². The molecule has 0 aliphatic carbocycles. The molecule has 4 rings (SSSR count). The minimum absolute atomic E-state index is 0.0122. The Labute approximate surface area is 157 Å². The number of oxazole rings is 1. The fraction of sp³-hybridized carbons (Fsp3) is 0.350. The van der Waals surface area contributed by atoms with Crippen molar-refractivity contribution in [3.63, 3.8) is 0 Å². The van der Waals surface area contributed by atoms with E-state index in [9.17, 15) is 4.79 Å². The molecular formula is C20H23N5O2. The van der Waals surface area contributed by atoms with Gasteiger partial charge in [-0.3, -0.25) is 4.79 Å². The number of carbonyl (C=O) groups is 1. The number of aryl methyl sites for hydroxylation is 2. The monoisotopic (exact) mass is 365 g/mol. The lowest BCUT2D eigenvalue weighted by atomic mass is 10.0. The SMILES string of the molecule is Cc1oc(-c2ccccc2)nc1CC(=O)N1C[C@@H](N)[C@H](c2nccn2C)C1. The first kappa shape index (κ1) is 17.5. The Hall–Kier alpha value is -2.93. The predicted molar refractivity (Wildman–Crippen MR) is 101 cm³/mol. The highest BCUT2D eigenvalue weighted by atomic mass is 16.4. The van der Waals surface area contributed by atoms with Crippen molar-refractivity contribution in [2.45, 2.75) is 25.3 Å². The second kappa shape index (κ2) is 7.00. The Morgan fingerprint density at radius 1 is 1.30 bits per heavy atom. The van der Waals surface area contributed by atoms with Crippen molar-refractivity contribution in [2.24, 2.45) is 12.8 Å². The van der Waals surface area contributed by atoms with Crippen LogP contribution in [0.25, 0.3) is 11.5 Å². The number of benzene rings is 1. The molecule has 7 nitrogen and oxygen atoms in total. The molecule has 0 saturated carbocycles. The van der Waals surface area contributed by atoms with E-state index in [2.05, 4.69) is 9.97 Å². The van der Waals surface area contributed by atoms with E-state index >= 15 is 0 Å². The Kier molecular flexibility index (Phi) is 4.53. The van der Waals surface area contributed by atoms with Crippen LogP contribution in [0.3, 0.4) is 0 Å². The molecule has 140 valence electrons. The maximum atomic E-state index is 12.8. The molecule has 1 fully saturated rings. The van der Waals surface area contributed by atoms with Gasteiger partial charge >= 0.3 is 0 Å². The molecule has 2 atom stereocenters. The Bertz CT molecular complexity index is 946. The van der Waals surface area contributed by atoms with E-state index in [4.69, 9.17) is 10.2 Å². The fourth-order valence-corrected chi connectivity index (χ4v) is 3.59. The summed E-state index contributed by atoms with van der Waals surface area (Å²) in [6.07, 6.45) is 3.87. The maximum Gasteiger partial charge on any atom is 0.228 e. The summed E-state index contributed by atoms with van der Waals surface area (Å²) in [7, 11) is 1.95. The molecule has 1 saturated heterocycles. The van der Waals surface area contributed by atoms with Crippen LogP contribution in [0.4, 0.5) is 0 Å². The van der Waals surface area contributed by atoms with Crippen LogP contribution in [0.1, 0.15) is 23.2 Å². The number of aromatic nitrogens is 3. The van der Waals surface area contributed by atoms with Crippen LogP contribution >= 0.6 is 0 Å². The second-order valence-corrected chi connectivity index (χ2v) is 7.03. The van der Waals surface area contributed by atoms with Crippen molar-refractivity contribution >= 4 is 5.91 Å². The number of amides is 1. The van der Waals surface area contributed by atoms with Crippen LogP contribution < -0.4 is 5.73 Å². The number of nitrogens with zero attached hydrogens (tertiary/aromatic N) is 4. The summed E-state index contributed by atoms with van der Waals surface area (Å²) in [6.45, 7) is 2.95. The van der Waals surface area contributed by atoms with Gasteiger partial charge in [0.05, 0.1) is 18.0 Å². The molecule has 1 aliphatic rings. The van der Waals surface area contributed by atoms with E-state index in [-0.39, 0.29) is 24.3 Å². The zero-order chi connectivity index (χ0) is 19.0. The first-order valence-corrected chi connectivity index (χ1v) is 9.05. The van der Waals surface area contributed by atoms with Crippen molar-refractivity contribution in [2.75, 3.05) is 13.1 Å². The standard InChI is InChI=1S/C20H23N5O2/c1-13-17(23-20(27-13)14-6-4-3-5-7-14)10-18(26)25-11-15(16(21)12-25)19-22-8-9-24(19)2/h3-9,15-16H,10-12,21H2,1-2H3/t15-,16-/m1/s1. The normalized spacial score (nSPS) is 19.6. The van der Waals surface area contributed by atoms with Crippen LogP contribution in [-0.4, -0.2) is 44.5 Å². The van der Waals surface area contributed by atoms with Gasteiger partial charge in [-0.05, 0) is 19.1 Å². The van der Waals surface area contributed by atoms with E-state index in [0.29, 0.717) is 30.4 Å². The number of hydrogen-bond acceptors (Lipinski definition) is 5. The first-order chi connectivity index (χ1) is 13.0. The van der Waals surface area contributed by atoms with Crippen molar-refractivity contribution < 1.29 is 9.21 Å². The molecule has 3 heterocycles. The molecule has 7 heteroatoms. The number of carbonyl (C=O) groups excluding carboxylic acids is 1. The molecule has 0 spiro atoms. The van der Waals surface area contributed by atoms with Crippen LogP contribution in [-0.2, 0) is 18.3 Å². The lowest BCUT2D eigenvalue weighted by molar-refractivity contribution is -0.129. The minimum Gasteiger partial charge on any atom is -0.441 e. The minimum atomic E-state index is -0.117. The maximum absolute atomic E-state index is 12.8. The second-order valence-electron chi connectivity index (χ2n) is 7.03. The van der Waals surface area contributed by atoms with Gasteiger partial charge in [0, 0.05) is 44.1 Å². The van der Waals surface area contributed by atoms with Crippen molar-refractivity contribution in [1.29, 1.82) is 0 Å². The van der Waals surface area contributed by atoms with Gasteiger partial charge in [0.25, 0.3) is 0 Å². The van der Waals surface area contributed by atoms with Gasteiger partial charge in [0.15, 0.2) is 0 Å². The lowest BCUT2D eigenvalue weighted by Gasteiger charge is -2.15. The number of hydrogen-bond donors (Lipinski definition) is 1. The van der Waals surface area contributed by atoms with Crippen LogP contribution in [0.5, 0.6) is 0 Å². The smallest absolute Gasteiger partial charge is 0.228 e. The molecule has 2 N–H and O–H groups in total. The van der Waals surface area contributed by atoms with Crippen LogP contribution in [0.15, 0.2) is 47.1 Å². The van der Waals surface area contributed by atoms with E-state index in [1.165, 1.54) is 0 Å². The summed E-state index contributed by atoms with van der Waals surface area (Å²) in [5, 5.41) is 0. The third-order valence-electron chi connectivity index (χ3n) is 5.14. The van der Waals surface area contributed by atoms with Gasteiger partial charge in [0.2, 0.25) is 11.8 Å². The highest BCUT2D eigenvalue weighted by molar-refractivity contribution is 5.79. The molecule has 1 aliphatic heterocycles. The topological polar surface area (TPSA) is 90.2 Å². The molecule has 1 amide bonds. The Morgan fingerprint density at radius 2 is 2.07 bits per heavy atom. The van der Waals surface area contributed by atoms with Gasteiger partial charge in [-0.25, -0.2) is 9.97 Å². The summed E-state index contributed by atoms with van der Waals surface area (Å²) in [4.78, 5) is 23.6. The van der Waals surface area contributed by atoms with E-state index < -0.39 is 0 Å². The highest BCUT2D eigenvalue weighted by Gasteiger charge is 2.36. The van der Waals surface area contributed by atoms with Crippen molar-refractivity contribution in [3.8, 4) is 11.5 Å². The zero-order valence-corrected chi connectivity index (χ0v) is 15.5. The quantitative estimate of drug-likeness (QED) is 0.762. The zero-order valence-electron chi connectivity index (χ0n) is 15.5. The van der Waals surface area contributed by atoms with E-state index in [1.807, 2.05) is 55.1 Å². The summed E-state index contributed by atoms with van der Waals surface area (Å²) in [6, 6.07) is 9.57. The molecule has 0 radical (unpaired) electrons. The molecule has 2 aromatic heterocycles. The van der Waals surface area contributed by atoms with Crippen LogP contribution in [0, 0.1) is 6.92 Å². The molecule has 3 aromatic rings. The Morgan fingerprint density at radius 3 is 2.78 bits per heavy atom. The average Bonchev–Trinajstić information content (AvgIpc) is 3.35. The van der Waals surface area contributed by atoms with Crippen molar-refractivity contribution in [3.05, 3.63) is 60.0 Å². The third kappa shape index (κ3) is 3.38. The number of likely N-dealkylation sites (tertiary alicyclic amines) is 1. The lowest BCUT2D eigenvalue weighted by Crippen LogP contribution is -2.33. The molecule has 27 heavy (non-hydrogen) atoms. The van der Waals surface area contributed by atoms with Crippen molar-refractivity contribution in [1.82, 2.24) is 19.4 Å². The molecular weight excluding hydrogens is 342 g/mol. The summed E-state index contributed by atoms with van der Waals surface area (Å²) in [5.74, 6) is 2.19. The first-order valence-electron chi connectivity index (χ1n) is 9.05. The molecule has 1 aromatic carbocycles. The summed E-state index contributed by atoms with van der Waals surface area (Å²) in [5.41, 5.74) is 7.86. The average molecular weight is 365 g/mol. The van der Waals surface area contributed by atoms with Gasteiger partial charge in [-0.1, -0.05) is 18.2 Å². The van der Waals surface area contributed by atoms with Gasteiger partial charge in [-0.2, -0.15) is 0 Å². The number of nitrogens with two attached hydrogens (primary N) is 1. The predicted octanol–water partition coefficient (Wildman–Crippen LogP) is 1.88. The van der Waals surface area contributed by atoms with E-state index in [0.717, 1.165) is 11.4 Å².